The summed E-state index contributed by atoms with van der Waals surface area (Å²) >= 11 is 0. The van der Waals surface area contributed by atoms with Gasteiger partial charge in [-0.2, -0.15) is 0 Å². The van der Waals surface area contributed by atoms with Crippen molar-refractivity contribution >= 4 is 5.96 Å². The molecule has 2 rings (SSSR count). The van der Waals surface area contributed by atoms with Gasteiger partial charge in [0, 0.05) is 13.1 Å². The Bertz CT molecular complexity index is 530. The summed E-state index contributed by atoms with van der Waals surface area (Å²) < 4.78 is 0. The fourth-order valence-electron chi connectivity index (χ4n) is 3.27. The van der Waals surface area contributed by atoms with Crippen LogP contribution in [0, 0.1) is 19.8 Å². The molecule has 0 atom stereocenters. The minimum Gasteiger partial charge on any atom is -0.357 e. The Labute approximate surface area is 147 Å². The Balaban J connectivity index is 1.82. The molecule has 1 saturated heterocycles. The zero-order chi connectivity index (χ0) is 17.4. The van der Waals surface area contributed by atoms with E-state index in [-0.39, 0.29) is 0 Å². The van der Waals surface area contributed by atoms with Crippen LogP contribution in [0.5, 0.6) is 0 Å². The van der Waals surface area contributed by atoms with Gasteiger partial charge in [0.25, 0.3) is 0 Å². The van der Waals surface area contributed by atoms with Crippen molar-refractivity contribution in [2.75, 3.05) is 33.2 Å². The predicted molar refractivity (Wildman–Crippen MR) is 104 cm³/mol. The lowest BCUT2D eigenvalue weighted by molar-refractivity contribution is 0.213. The van der Waals surface area contributed by atoms with E-state index in [1.54, 1.807) is 0 Å². The number of guanidine groups is 1. The minimum atomic E-state index is 0.732. The van der Waals surface area contributed by atoms with Crippen LogP contribution in [0.15, 0.2) is 23.2 Å². The van der Waals surface area contributed by atoms with Gasteiger partial charge in [-0.05, 0) is 77.2 Å². The zero-order valence-corrected chi connectivity index (χ0v) is 15.9. The average molecular weight is 331 g/mol. The van der Waals surface area contributed by atoms with Gasteiger partial charge in [0.05, 0.1) is 6.54 Å². The Hall–Kier alpha value is -1.55. The van der Waals surface area contributed by atoms with Crippen LogP contribution in [0.1, 0.15) is 42.9 Å². The van der Waals surface area contributed by atoms with Gasteiger partial charge >= 0.3 is 0 Å². The van der Waals surface area contributed by atoms with Gasteiger partial charge in [-0.3, -0.25) is 0 Å². The fraction of sp³-hybridized carbons (Fsp3) is 0.650. The number of aliphatic imine (C=N–C) groups is 1. The molecule has 0 aromatic heterocycles. The lowest BCUT2D eigenvalue weighted by Gasteiger charge is -2.29. The van der Waals surface area contributed by atoms with Crippen LogP contribution in [-0.4, -0.2) is 44.1 Å². The van der Waals surface area contributed by atoms with Crippen molar-refractivity contribution in [3.63, 3.8) is 0 Å². The van der Waals surface area contributed by atoms with Crippen LogP contribution in [0.2, 0.25) is 0 Å². The van der Waals surface area contributed by atoms with Gasteiger partial charge in [0.2, 0.25) is 0 Å². The first-order chi connectivity index (χ1) is 11.6. The summed E-state index contributed by atoms with van der Waals surface area (Å²) in [7, 11) is 2.22. The SMILES string of the molecule is CCNC(=NCc1ccc(C)cc1C)NCCC1CCN(C)CC1. The molecule has 0 aliphatic carbocycles. The van der Waals surface area contributed by atoms with E-state index in [1.807, 2.05) is 0 Å². The van der Waals surface area contributed by atoms with Gasteiger partial charge in [-0.25, -0.2) is 4.99 Å². The maximum absolute atomic E-state index is 4.76. The number of nitrogens with one attached hydrogen (secondary N) is 2. The van der Waals surface area contributed by atoms with E-state index < -0.39 is 0 Å². The Morgan fingerprint density at radius 3 is 2.62 bits per heavy atom. The monoisotopic (exact) mass is 330 g/mol. The molecule has 1 aliphatic rings. The van der Waals surface area contributed by atoms with Crippen LogP contribution in [0.25, 0.3) is 0 Å². The highest BCUT2D eigenvalue weighted by Gasteiger charge is 2.16. The van der Waals surface area contributed by atoms with E-state index in [0.29, 0.717) is 0 Å². The van der Waals surface area contributed by atoms with Gasteiger partial charge in [-0.15, -0.1) is 0 Å². The summed E-state index contributed by atoms with van der Waals surface area (Å²) in [5.41, 5.74) is 3.93. The first-order valence-corrected chi connectivity index (χ1v) is 9.35. The summed E-state index contributed by atoms with van der Waals surface area (Å²) in [6, 6.07) is 6.58. The smallest absolute Gasteiger partial charge is 0.191 e. The molecule has 134 valence electrons. The second-order valence-corrected chi connectivity index (χ2v) is 7.09. The van der Waals surface area contributed by atoms with E-state index in [1.165, 1.54) is 49.0 Å². The number of benzene rings is 1. The van der Waals surface area contributed by atoms with E-state index in [4.69, 9.17) is 4.99 Å². The number of hydrogen-bond acceptors (Lipinski definition) is 2. The van der Waals surface area contributed by atoms with E-state index in [9.17, 15) is 0 Å². The third-order valence-electron chi connectivity index (χ3n) is 4.93. The third kappa shape index (κ3) is 6.16. The van der Waals surface area contributed by atoms with E-state index in [2.05, 4.69) is 61.6 Å². The molecule has 0 unspecified atom stereocenters. The summed E-state index contributed by atoms with van der Waals surface area (Å²) in [5.74, 6) is 1.79. The number of nitrogens with zero attached hydrogens (tertiary/aromatic N) is 2. The highest BCUT2D eigenvalue weighted by atomic mass is 15.2. The van der Waals surface area contributed by atoms with Crippen molar-refractivity contribution in [1.82, 2.24) is 15.5 Å². The van der Waals surface area contributed by atoms with Crippen LogP contribution in [-0.2, 0) is 6.54 Å². The molecule has 0 spiro atoms. The van der Waals surface area contributed by atoms with Crippen LogP contribution >= 0.6 is 0 Å². The Morgan fingerprint density at radius 1 is 1.21 bits per heavy atom. The molecule has 1 fully saturated rings. The summed E-state index contributed by atoms with van der Waals surface area (Å²) in [6.07, 6.45) is 3.89. The molecule has 1 aliphatic heterocycles. The summed E-state index contributed by atoms with van der Waals surface area (Å²) in [6.45, 7) is 11.5. The molecule has 1 aromatic carbocycles. The lowest BCUT2D eigenvalue weighted by Crippen LogP contribution is -2.39. The molecule has 0 bridgehead atoms. The molecule has 2 N–H and O–H groups in total. The number of aryl methyl sites for hydroxylation is 2. The quantitative estimate of drug-likeness (QED) is 0.622. The number of hydrogen-bond donors (Lipinski definition) is 2. The molecule has 4 heteroatoms. The molecule has 1 heterocycles. The summed E-state index contributed by atoms with van der Waals surface area (Å²) in [5, 5.41) is 6.86. The van der Waals surface area contributed by atoms with Crippen molar-refractivity contribution in [3.8, 4) is 0 Å². The lowest BCUT2D eigenvalue weighted by atomic mass is 9.94. The normalized spacial score (nSPS) is 17.1. The van der Waals surface area contributed by atoms with E-state index in [0.717, 1.165) is 31.5 Å². The van der Waals surface area contributed by atoms with Gasteiger partial charge in [0.1, 0.15) is 0 Å². The van der Waals surface area contributed by atoms with E-state index >= 15 is 0 Å². The first kappa shape index (κ1) is 18.8. The maximum Gasteiger partial charge on any atom is 0.191 e. The minimum absolute atomic E-state index is 0.732. The standard InChI is InChI=1S/C20H34N4/c1-5-21-20(22-11-8-18-9-12-24(4)13-10-18)23-15-19-7-6-16(2)14-17(19)3/h6-7,14,18H,5,8-13,15H2,1-4H3,(H2,21,22,23). The maximum atomic E-state index is 4.76. The van der Waals surface area contributed by atoms with Crippen molar-refractivity contribution in [2.45, 2.75) is 46.6 Å². The van der Waals surface area contributed by atoms with Gasteiger partial charge < -0.3 is 15.5 Å². The third-order valence-corrected chi connectivity index (χ3v) is 4.93. The zero-order valence-electron chi connectivity index (χ0n) is 15.9. The number of likely N-dealkylation sites (tertiary alicyclic amines) is 1. The van der Waals surface area contributed by atoms with Crippen molar-refractivity contribution in [3.05, 3.63) is 34.9 Å². The number of rotatable bonds is 6. The second-order valence-electron chi connectivity index (χ2n) is 7.09. The molecule has 1 aromatic rings. The van der Waals surface area contributed by atoms with Gasteiger partial charge in [-0.1, -0.05) is 23.8 Å². The van der Waals surface area contributed by atoms with Crippen LogP contribution < -0.4 is 10.6 Å². The topological polar surface area (TPSA) is 39.7 Å². The molecule has 24 heavy (non-hydrogen) atoms. The molecule has 0 radical (unpaired) electrons. The molecule has 4 nitrogen and oxygen atoms in total. The van der Waals surface area contributed by atoms with Crippen molar-refractivity contribution in [2.24, 2.45) is 10.9 Å². The molecular weight excluding hydrogens is 296 g/mol. The second kappa shape index (κ2) is 9.67. The van der Waals surface area contributed by atoms with Crippen molar-refractivity contribution in [1.29, 1.82) is 0 Å². The largest absolute Gasteiger partial charge is 0.357 e. The van der Waals surface area contributed by atoms with Crippen LogP contribution in [0.3, 0.4) is 0 Å². The molecular formula is C20H34N4. The fourth-order valence-corrected chi connectivity index (χ4v) is 3.27. The highest BCUT2D eigenvalue weighted by molar-refractivity contribution is 5.79. The predicted octanol–water partition coefficient (Wildman–Crippen LogP) is 3.09. The molecule has 0 saturated carbocycles. The highest BCUT2D eigenvalue weighted by Crippen LogP contribution is 2.18. The first-order valence-electron chi connectivity index (χ1n) is 9.35. The average Bonchev–Trinajstić information content (AvgIpc) is 2.55. The van der Waals surface area contributed by atoms with Gasteiger partial charge in [0.15, 0.2) is 5.96 Å². The van der Waals surface area contributed by atoms with Crippen LogP contribution in [0.4, 0.5) is 0 Å². The Kier molecular flexibility index (Phi) is 7.57. The Morgan fingerprint density at radius 2 is 1.96 bits per heavy atom. The number of piperidine rings is 1. The molecule has 0 amide bonds. The van der Waals surface area contributed by atoms with Crippen molar-refractivity contribution < 1.29 is 0 Å². The summed E-state index contributed by atoms with van der Waals surface area (Å²) in [4.78, 5) is 7.19.